The number of aryl methyl sites for hydroxylation is 1. The fourth-order valence-corrected chi connectivity index (χ4v) is 2.77. The summed E-state index contributed by atoms with van der Waals surface area (Å²) in [6.45, 7) is 5.85. The van der Waals surface area contributed by atoms with E-state index < -0.39 is 0 Å². The van der Waals surface area contributed by atoms with Crippen molar-refractivity contribution in [1.29, 1.82) is 0 Å². The zero-order valence-electron chi connectivity index (χ0n) is 12.5. The van der Waals surface area contributed by atoms with Crippen molar-refractivity contribution in [2.45, 2.75) is 38.8 Å². The largest absolute Gasteiger partial charge is 0.393 e. The highest BCUT2D eigenvalue weighted by molar-refractivity contribution is 5.58. The number of nitrogens with zero attached hydrogens (tertiary/aromatic N) is 3. The van der Waals surface area contributed by atoms with Crippen LogP contribution in [0.1, 0.15) is 37.3 Å². The number of aromatic nitrogens is 2. The molecule has 1 fully saturated rings. The molecule has 0 aliphatic carbocycles. The predicted molar refractivity (Wildman–Crippen MR) is 79.7 cm³/mol. The molecule has 5 nitrogen and oxygen atoms in total. The smallest absolute Gasteiger partial charge is 0.244 e. The highest BCUT2D eigenvalue weighted by atomic mass is 16.5. The normalized spacial score (nSPS) is 18.8. The predicted octanol–water partition coefficient (Wildman–Crippen LogP) is 2.56. The van der Waals surface area contributed by atoms with E-state index in [9.17, 15) is 5.11 Å². The van der Waals surface area contributed by atoms with Crippen molar-refractivity contribution in [2.75, 3.05) is 13.1 Å². The minimum Gasteiger partial charge on any atom is -0.393 e. The number of hydrogen-bond acceptors (Lipinski definition) is 5. The maximum Gasteiger partial charge on any atom is 0.244 e. The van der Waals surface area contributed by atoms with Crippen molar-refractivity contribution < 1.29 is 9.63 Å². The van der Waals surface area contributed by atoms with Crippen LogP contribution >= 0.6 is 0 Å². The molecule has 1 aromatic heterocycles. The van der Waals surface area contributed by atoms with Crippen LogP contribution in [0.4, 0.5) is 0 Å². The molecule has 1 aliphatic rings. The van der Waals surface area contributed by atoms with E-state index in [1.807, 2.05) is 31.2 Å². The summed E-state index contributed by atoms with van der Waals surface area (Å²) in [6, 6.07) is 8.12. The van der Waals surface area contributed by atoms with Gasteiger partial charge in [-0.2, -0.15) is 4.98 Å². The third kappa shape index (κ3) is 2.99. The van der Waals surface area contributed by atoms with Crippen molar-refractivity contribution in [3.05, 3.63) is 35.7 Å². The maximum atomic E-state index is 9.58. The van der Waals surface area contributed by atoms with Crippen LogP contribution in [0.3, 0.4) is 0 Å². The lowest BCUT2D eigenvalue weighted by Gasteiger charge is -2.32. The zero-order chi connectivity index (χ0) is 14.8. The Bertz CT molecular complexity index is 603. The zero-order valence-corrected chi connectivity index (χ0v) is 12.5. The van der Waals surface area contributed by atoms with Gasteiger partial charge in [0, 0.05) is 18.7 Å². The number of piperidine rings is 1. The molecule has 1 aromatic carbocycles. The topological polar surface area (TPSA) is 62.4 Å². The number of aliphatic hydroxyl groups excluding tert-OH is 1. The second-order valence-corrected chi connectivity index (χ2v) is 5.71. The highest BCUT2D eigenvalue weighted by Gasteiger charge is 2.26. The molecule has 2 aromatic rings. The molecule has 1 unspecified atom stereocenters. The van der Waals surface area contributed by atoms with Crippen molar-refractivity contribution in [1.82, 2.24) is 15.0 Å². The van der Waals surface area contributed by atoms with Crippen molar-refractivity contribution in [2.24, 2.45) is 0 Å². The average molecular weight is 287 g/mol. The molecular formula is C16H21N3O2. The third-order valence-electron chi connectivity index (χ3n) is 4.23. The fraction of sp³-hybridized carbons (Fsp3) is 0.500. The number of likely N-dealkylation sites (tertiary alicyclic amines) is 1. The molecule has 0 amide bonds. The Morgan fingerprint density at radius 1 is 1.29 bits per heavy atom. The van der Waals surface area contributed by atoms with Gasteiger partial charge in [-0.15, -0.1) is 0 Å². The van der Waals surface area contributed by atoms with E-state index in [-0.39, 0.29) is 12.1 Å². The second-order valence-electron chi connectivity index (χ2n) is 5.71. The molecule has 112 valence electrons. The summed E-state index contributed by atoms with van der Waals surface area (Å²) in [5.74, 6) is 1.29. The van der Waals surface area contributed by atoms with Gasteiger partial charge in [0.15, 0.2) is 0 Å². The summed E-state index contributed by atoms with van der Waals surface area (Å²) in [4.78, 5) is 6.83. The van der Waals surface area contributed by atoms with E-state index in [0.29, 0.717) is 11.7 Å². The number of aliphatic hydroxyl groups is 1. The van der Waals surface area contributed by atoms with Crippen molar-refractivity contribution >= 4 is 0 Å². The Morgan fingerprint density at radius 2 is 2.00 bits per heavy atom. The van der Waals surface area contributed by atoms with Gasteiger partial charge in [-0.3, -0.25) is 4.90 Å². The molecule has 1 saturated heterocycles. The van der Waals surface area contributed by atoms with E-state index in [0.717, 1.165) is 37.1 Å². The Morgan fingerprint density at radius 3 is 2.71 bits per heavy atom. The summed E-state index contributed by atoms with van der Waals surface area (Å²) >= 11 is 0. The first-order chi connectivity index (χ1) is 10.1. The summed E-state index contributed by atoms with van der Waals surface area (Å²) in [5.41, 5.74) is 2.15. The summed E-state index contributed by atoms with van der Waals surface area (Å²) < 4.78 is 5.45. The number of rotatable bonds is 3. The number of hydrogen-bond donors (Lipinski definition) is 1. The van der Waals surface area contributed by atoms with Crippen LogP contribution < -0.4 is 0 Å². The van der Waals surface area contributed by atoms with Gasteiger partial charge in [-0.1, -0.05) is 29.4 Å². The lowest BCUT2D eigenvalue weighted by molar-refractivity contribution is 0.0564. The van der Waals surface area contributed by atoms with Crippen LogP contribution in [0.25, 0.3) is 11.4 Å². The van der Waals surface area contributed by atoms with Crippen LogP contribution in [0, 0.1) is 6.92 Å². The van der Waals surface area contributed by atoms with Crippen LogP contribution in [0.15, 0.2) is 28.8 Å². The monoisotopic (exact) mass is 287 g/mol. The quantitative estimate of drug-likeness (QED) is 0.940. The lowest BCUT2D eigenvalue weighted by atomic mass is 10.1. The van der Waals surface area contributed by atoms with Crippen molar-refractivity contribution in [3.8, 4) is 11.4 Å². The minimum atomic E-state index is -0.168. The SMILES string of the molecule is Cc1ccccc1-c1noc(C(C)N2CCC(O)CC2)n1. The number of benzene rings is 1. The molecule has 0 bridgehead atoms. The molecule has 0 radical (unpaired) electrons. The Labute approximate surface area is 124 Å². The first kappa shape index (κ1) is 14.2. The first-order valence-electron chi connectivity index (χ1n) is 7.47. The summed E-state index contributed by atoms with van der Waals surface area (Å²) in [7, 11) is 0. The summed E-state index contributed by atoms with van der Waals surface area (Å²) in [5, 5.41) is 13.7. The van der Waals surface area contributed by atoms with Gasteiger partial charge < -0.3 is 9.63 Å². The van der Waals surface area contributed by atoms with Gasteiger partial charge in [-0.05, 0) is 32.3 Å². The Hall–Kier alpha value is -1.72. The lowest BCUT2D eigenvalue weighted by Crippen LogP contribution is -2.37. The highest BCUT2D eigenvalue weighted by Crippen LogP contribution is 2.26. The fourth-order valence-electron chi connectivity index (χ4n) is 2.77. The van der Waals surface area contributed by atoms with E-state index in [1.165, 1.54) is 0 Å². The molecule has 5 heteroatoms. The van der Waals surface area contributed by atoms with Crippen molar-refractivity contribution in [3.63, 3.8) is 0 Å². The van der Waals surface area contributed by atoms with Crippen LogP contribution in [-0.4, -0.2) is 39.3 Å². The van der Waals surface area contributed by atoms with E-state index in [2.05, 4.69) is 22.0 Å². The minimum absolute atomic E-state index is 0.0859. The van der Waals surface area contributed by atoms with E-state index in [4.69, 9.17) is 4.52 Å². The van der Waals surface area contributed by atoms with Crippen LogP contribution in [0.5, 0.6) is 0 Å². The molecule has 21 heavy (non-hydrogen) atoms. The summed E-state index contributed by atoms with van der Waals surface area (Å²) in [6.07, 6.45) is 1.45. The maximum absolute atomic E-state index is 9.58. The first-order valence-corrected chi connectivity index (χ1v) is 7.47. The van der Waals surface area contributed by atoms with Crippen LogP contribution in [0.2, 0.25) is 0 Å². The standard InChI is InChI=1S/C16H21N3O2/c1-11-5-3-4-6-14(11)15-17-16(21-18-15)12(2)19-9-7-13(20)8-10-19/h3-6,12-13,20H,7-10H2,1-2H3. The van der Waals surface area contributed by atoms with Gasteiger partial charge in [0.1, 0.15) is 0 Å². The molecular weight excluding hydrogens is 266 g/mol. The molecule has 2 heterocycles. The van der Waals surface area contributed by atoms with Gasteiger partial charge >= 0.3 is 0 Å². The van der Waals surface area contributed by atoms with E-state index >= 15 is 0 Å². The van der Waals surface area contributed by atoms with Gasteiger partial charge in [-0.25, -0.2) is 0 Å². The van der Waals surface area contributed by atoms with Gasteiger partial charge in [0.2, 0.25) is 11.7 Å². The molecule has 0 spiro atoms. The average Bonchev–Trinajstić information content (AvgIpc) is 2.97. The molecule has 1 N–H and O–H groups in total. The molecule has 1 atom stereocenters. The van der Waals surface area contributed by atoms with E-state index in [1.54, 1.807) is 0 Å². The van der Waals surface area contributed by atoms with Gasteiger partial charge in [0.25, 0.3) is 0 Å². The van der Waals surface area contributed by atoms with Crippen LogP contribution in [-0.2, 0) is 0 Å². The molecule has 0 saturated carbocycles. The molecule has 3 rings (SSSR count). The third-order valence-corrected chi connectivity index (χ3v) is 4.23. The Balaban J connectivity index is 1.77. The van der Waals surface area contributed by atoms with Gasteiger partial charge in [0.05, 0.1) is 12.1 Å². The molecule has 1 aliphatic heterocycles. The Kier molecular flexibility index (Phi) is 4.03. The second kappa shape index (κ2) is 5.95.